The quantitative estimate of drug-likeness (QED) is 0.925. The Bertz CT molecular complexity index is 457. The predicted octanol–water partition coefficient (Wildman–Crippen LogP) is 3.37. The standard InChI is InChI=1S/C17H29N3O/c1-12(2)20-17(18-11-19-20)10-16(21)15-8-7-13-5-3-4-6-14(13)9-15/h11-16,21H,3-10H2,1-2H3. The number of hydrogen-bond acceptors (Lipinski definition) is 3. The van der Waals surface area contributed by atoms with E-state index in [0.29, 0.717) is 18.4 Å². The van der Waals surface area contributed by atoms with Crippen molar-refractivity contribution in [3.05, 3.63) is 12.2 Å². The van der Waals surface area contributed by atoms with Crippen LogP contribution in [-0.2, 0) is 6.42 Å². The first-order chi connectivity index (χ1) is 10.1. The van der Waals surface area contributed by atoms with Crippen molar-refractivity contribution in [1.29, 1.82) is 0 Å². The molecule has 0 spiro atoms. The minimum Gasteiger partial charge on any atom is -0.392 e. The Morgan fingerprint density at radius 3 is 2.71 bits per heavy atom. The fourth-order valence-corrected chi connectivity index (χ4v) is 4.46. The Hall–Kier alpha value is -0.900. The van der Waals surface area contributed by atoms with Gasteiger partial charge in [-0.05, 0) is 50.9 Å². The second kappa shape index (κ2) is 6.47. The van der Waals surface area contributed by atoms with Crippen molar-refractivity contribution in [2.24, 2.45) is 17.8 Å². The SMILES string of the molecule is CC(C)n1ncnc1CC(O)C1CCC2CCCCC2C1. The van der Waals surface area contributed by atoms with E-state index in [0.717, 1.165) is 17.7 Å². The zero-order valence-corrected chi connectivity index (χ0v) is 13.4. The van der Waals surface area contributed by atoms with Crippen LogP contribution in [0.25, 0.3) is 0 Å². The maximum atomic E-state index is 10.7. The zero-order valence-electron chi connectivity index (χ0n) is 13.4. The Kier molecular flexibility index (Phi) is 4.63. The molecule has 0 aliphatic heterocycles. The molecular formula is C17H29N3O. The molecule has 4 atom stereocenters. The highest BCUT2D eigenvalue weighted by molar-refractivity contribution is 4.93. The van der Waals surface area contributed by atoms with Crippen molar-refractivity contribution >= 4 is 0 Å². The van der Waals surface area contributed by atoms with E-state index in [1.54, 1.807) is 6.33 Å². The van der Waals surface area contributed by atoms with Crippen molar-refractivity contribution < 1.29 is 5.11 Å². The molecule has 0 amide bonds. The van der Waals surface area contributed by atoms with E-state index < -0.39 is 0 Å². The van der Waals surface area contributed by atoms with Gasteiger partial charge in [-0.3, -0.25) is 0 Å². The lowest BCUT2D eigenvalue weighted by Gasteiger charge is -2.40. The second-order valence-electron chi connectivity index (χ2n) is 7.36. The summed E-state index contributed by atoms with van der Waals surface area (Å²) in [6.07, 6.45) is 11.4. The molecule has 3 rings (SSSR count). The topological polar surface area (TPSA) is 50.9 Å². The minimum absolute atomic E-state index is 0.255. The highest BCUT2D eigenvalue weighted by Gasteiger charge is 2.35. The van der Waals surface area contributed by atoms with Gasteiger partial charge in [0.2, 0.25) is 0 Å². The summed E-state index contributed by atoms with van der Waals surface area (Å²) in [7, 11) is 0. The van der Waals surface area contributed by atoms with Gasteiger partial charge in [0.1, 0.15) is 12.2 Å². The first kappa shape index (κ1) is 15.0. The van der Waals surface area contributed by atoms with Crippen LogP contribution >= 0.6 is 0 Å². The molecule has 0 radical (unpaired) electrons. The van der Waals surface area contributed by atoms with Crippen molar-refractivity contribution in [3.63, 3.8) is 0 Å². The summed E-state index contributed by atoms with van der Waals surface area (Å²) in [5.74, 6) is 3.21. The molecule has 1 aromatic heterocycles. The lowest BCUT2D eigenvalue weighted by atomic mass is 9.66. The average Bonchev–Trinajstić information content (AvgIpc) is 2.95. The normalized spacial score (nSPS) is 31.1. The van der Waals surface area contributed by atoms with E-state index in [1.165, 1.54) is 44.9 Å². The summed E-state index contributed by atoms with van der Waals surface area (Å²) in [6.45, 7) is 4.22. The van der Waals surface area contributed by atoms with Gasteiger partial charge in [-0.25, -0.2) is 9.67 Å². The first-order valence-electron chi connectivity index (χ1n) is 8.71. The largest absolute Gasteiger partial charge is 0.392 e. The van der Waals surface area contributed by atoms with Crippen molar-refractivity contribution in [3.8, 4) is 0 Å². The summed E-state index contributed by atoms with van der Waals surface area (Å²) >= 11 is 0. The highest BCUT2D eigenvalue weighted by Crippen LogP contribution is 2.43. The molecule has 2 fully saturated rings. The summed E-state index contributed by atoms with van der Waals surface area (Å²) < 4.78 is 1.94. The molecule has 21 heavy (non-hydrogen) atoms. The molecule has 118 valence electrons. The Labute approximate surface area is 128 Å². The summed E-state index contributed by atoms with van der Waals surface area (Å²) in [5, 5.41) is 14.9. The monoisotopic (exact) mass is 291 g/mol. The third-order valence-corrected chi connectivity index (χ3v) is 5.65. The van der Waals surface area contributed by atoms with Gasteiger partial charge in [0, 0.05) is 12.5 Å². The van der Waals surface area contributed by atoms with Crippen molar-refractivity contribution in [2.75, 3.05) is 0 Å². The molecule has 0 saturated heterocycles. The Morgan fingerprint density at radius 2 is 1.95 bits per heavy atom. The summed E-state index contributed by atoms with van der Waals surface area (Å²) in [5.41, 5.74) is 0. The third kappa shape index (κ3) is 3.31. The number of aliphatic hydroxyl groups is 1. The van der Waals surface area contributed by atoms with Gasteiger partial charge in [0.25, 0.3) is 0 Å². The molecule has 4 nitrogen and oxygen atoms in total. The maximum Gasteiger partial charge on any atom is 0.138 e. The van der Waals surface area contributed by atoms with Gasteiger partial charge in [-0.1, -0.05) is 25.7 Å². The zero-order chi connectivity index (χ0) is 14.8. The molecule has 0 aromatic carbocycles. The number of nitrogens with zero attached hydrogens (tertiary/aromatic N) is 3. The van der Waals surface area contributed by atoms with E-state index in [1.807, 2.05) is 4.68 Å². The van der Waals surface area contributed by atoms with Crippen LogP contribution in [0, 0.1) is 17.8 Å². The van der Waals surface area contributed by atoms with Gasteiger partial charge in [-0.15, -0.1) is 0 Å². The number of rotatable bonds is 4. The van der Waals surface area contributed by atoms with Crippen LogP contribution in [0.3, 0.4) is 0 Å². The fourth-order valence-electron chi connectivity index (χ4n) is 4.46. The molecular weight excluding hydrogens is 262 g/mol. The van der Waals surface area contributed by atoms with Gasteiger partial charge < -0.3 is 5.11 Å². The predicted molar refractivity (Wildman–Crippen MR) is 82.9 cm³/mol. The average molecular weight is 291 g/mol. The van der Waals surface area contributed by atoms with Crippen LogP contribution in [-0.4, -0.2) is 26.0 Å². The van der Waals surface area contributed by atoms with Gasteiger partial charge in [0.15, 0.2) is 0 Å². The lowest BCUT2D eigenvalue weighted by Crippen LogP contribution is -2.34. The number of hydrogen-bond donors (Lipinski definition) is 1. The molecule has 4 unspecified atom stereocenters. The van der Waals surface area contributed by atoms with Crippen LogP contribution in [0.5, 0.6) is 0 Å². The van der Waals surface area contributed by atoms with Crippen LogP contribution in [0.2, 0.25) is 0 Å². The molecule has 1 N–H and O–H groups in total. The molecule has 2 saturated carbocycles. The fraction of sp³-hybridized carbons (Fsp3) is 0.882. The van der Waals surface area contributed by atoms with E-state index in [-0.39, 0.29) is 6.10 Å². The van der Waals surface area contributed by atoms with E-state index >= 15 is 0 Å². The maximum absolute atomic E-state index is 10.7. The van der Waals surface area contributed by atoms with Crippen molar-refractivity contribution in [1.82, 2.24) is 14.8 Å². The molecule has 4 heteroatoms. The van der Waals surface area contributed by atoms with Crippen LogP contribution in [0.15, 0.2) is 6.33 Å². The van der Waals surface area contributed by atoms with Crippen LogP contribution in [0.4, 0.5) is 0 Å². The van der Waals surface area contributed by atoms with E-state index in [2.05, 4.69) is 23.9 Å². The molecule has 1 aromatic rings. The number of aromatic nitrogens is 3. The number of aliphatic hydroxyl groups excluding tert-OH is 1. The van der Waals surface area contributed by atoms with Gasteiger partial charge in [-0.2, -0.15) is 5.10 Å². The second-order valence-corrected chi connectivity index (χ2v) is 7.36. The van der Waals surface area contributed by atoms with E-state index in [9.17, 15) is 5.11 Å². The van der Waals surface area contributed by atoms with Gasteiger partial charge >= 0.3 is 0 Å². The number of fused-ring (bicyclic) bond motifs is 1. The van der Waals surface area contributed by atoms with Crippen molar-refractivity contribution in [2.45, 2.75) is 77.4 Å². The van der Waals surface area contributed by atoms with Crippen LogP contribution in [0.1, 0.15) is 70.7 Å². The Morgan fingerprint density at radius 1 is 1.19 bits per heavy atom. The minimum atomic E-state index is -0.255. The first-order valence-corrected chi connectivity index (χ1v) is 8.71. The highest BCUT2D eigenvalue weighted by atomic mass is 16.3. The van der Waals surface area contributed by atoms with Crippen LogP contribution < -0.4 is 0 Å². The molecule has 1 heterocycles. The lowest BCUT2D eigenvalue weighted by molar-refractivity contribution is 0.0343. The van der Waals surface area contributed by atoms with E-state index in [4.69, 9.17) is 0 Å². The molecule has 0 bridgehead atoms. The molecule has 2 aliphatic rings. The molecule has 2 aliphatic carbocycles. The smallest absolute Gasteiger partial charge is 0.138 e. The summed E-state index contributed by atoms with van der Waals surface area (Å²) in [4.78, 5) is 4.35. The summed E-state index contributed by atoms with van der Waals surface area (Å²) in [6, 6.07) is 0.309. The van der Waals surface area contributed by atoms with Gasteiger partial charge in [0.05, 0.1) is 6.10 Å². The Balaban J connectivity index is 1.60. The third-order valence-electron chi connectivity index (χ3n) is 5.65.